The van der Waals surface area contributed by atoms with Crippen LogP contribution in [0.3, 0.4) is 0 Å². The van der Waals surface area contributed by atoms with Gasteiger partial charge < -0.3 is 25.3 Å². The molecule has 0 spiro atoms. The van der Waals surface area contributed by atoms with Gasteiger partial charge in [-0.15, -0.1) is 22.0 Å². The molecule has 1 aromatic carbocycles. The molecule has 6 amide bonds. The van der Waals surface area contributed by atoms with E-state index in [0.29, 0.717) is 22.6 Å². The maximum absolute atomic E-state index is 13.6. The molecule has 0 saturated carbocycles. The summed E-state index contributed by atoms with van der Waals surface area (Å²) in [5.74, 6) is -3.24. The monoisotopic (exact) mass is 746 g/mol. The first-order valence-electron chi connectivity index (χ1n) is 13.9. The van der Waals surface area contributed by atoms with E-state index in [9.17, 15) is 42.3 Å². The molecule has 2 unspecified atom stereocenters. The number of benzene rings is 1. The number of hydrogen-bond acceptors (Lipinski definition) is 13. The summed E-state index contributed by atoms with van der Waals surface area (Å²) in [7, 11) is 0. The molecule has 22 heteroatoms. The second kappa shape index (κ2) is 15.1. The summed E-state index contributed by atoms with van der Waals surface area (Å²) in [6.45, 7) is 0.284. The van der Waals surface area contributed by atoms with Crippen LogP contribution in [0.25, 0.3) is 0 Å². The molecule has 2 aromatic rings. The summed E-state index contributed by atoms with van der Waals surface area (Å²) in [4.78, 5) is 66.9. The number of hydrogen-bond donors (Lipinski definition) is 2. The molecule has 1 aromatic heterocycles. The van der Waals surface area contributed by atoms with Gasteiger partial charge in [0.15, 0.2) is 4.34 Å². The van der Waals surface area contributed by atoms with Crippen molar-refractivity contribution in [1.29, 1.82) is 0 Å². The van der Waals surface area contributed by atoms with Gasteiger partial charge in [-0.05, 0) is 17.2 Å². The molecule has 49 heavy (non-hydrogen) atoms. The van der Waals surface area contributed by atoms with E-state index in [2.05, 4.69) is 25.9 Å². The molecule has 0 bridgehead atoms. The number of aromatic nitrogens is 2. The summed E-state index contributed by atoms with van der Waals surface area (Å²) in [5.41, 5.74) is 0.630. The predicted octanol–water partition coefficient (Wildman–Crippen LogP) is -1.85. The Balaban J connectivity index is 0.00000468. The topological polar surface area (TPSA) is 190 Å². The number of carboxylic acid groups (broad SMARTS) is 1. The van der Waals surface area contributed by atoms with E-state index >= 15 is 0 Å². The van der Waals surface area contributed by atoms with Crippen molar-refractivity contribution in [3.8, 4) is 0 Å². The molecule has 2 saturated heterocycles. The van der Waals surface area contributed by atoms with Crippen molar-refractivity contribution in [2.75, 3.05) is 31.2 Å². The van der Waals surface area contributed by atoms with Gasteiger partial charge in [-0.1, -0.05) is 53.4 Å². The molecule has 0 radical (unpaired) electrons. The number of aliphatic carboxylic acids is 1. The van der Waals surface area contributed by atoms with Gasteiger partial charge in [-0.25, -0.2) is 19.5 Å². The van der Waals surface area contributed by atoms with Gasteiger partial charge in [0.2, 0.25) is 10.9 Å². The van der Waals surface area contributed by atoms with Crippen LogP contribution in [0, 0.1) is 0 Å². The Morgan fingerprint density at radius 1 is 1.16 bits per heavy atom. The SMILES string of the molecule is O=C([O-])C1=C(CSc2nnc(C(F)(F)F)s2)CS[C@H]2C(NC(=O)C(NC(=O)N3CCN(N=C4C=COC4)C3=O)c3ccccc3)C(=O)N12.[Na+]. The molecule has 0 aliphatic carbocycles. The van der Waals surface area contributed by atoms with Crippen LogP contribution in [-0.4, -0.2) is 103 Å². The number of urea groups is 2. The number of amides is 6. The maximum Gasteiger partial charge on any atom is 1.00 e. The van der Waals surface area contributed by atoms with Crippen LogP contribution in [0.1, 0.15) is 16.6 Å². The Morgan fingerprint density at radius 3 is 2.57 bits per heavy atom. The van der Waals surface area contributed by atoms with Crippen molar-refractivity contribution in [3.63, 3.8) is 0 Å². The van der Waals surface area contributed by atoms with Crippen molar-refractivity contribution in [1.82, 2.24) is 35.6 Å². The predicted molar refractivity (Wildman–Crippen MR) is 162 cm³/mol. The number of imide groups is 1. The number of thioether (sulfide) groups is 2. The summed E-state index contributed by atoms with van der Waals surface area (Å²) in [5, 5.41) is 27.1. The number of nitrogens with one attached hydrogen (secondary N) is 2. The zero-order valence-corrected chi connectivity index (χ0v) is 29.7. The average Bonchev–Trinajstić information content (AvgIpc) is 3.83. The van der Waals surface area contributed by atoms with E-state index in [1.54, 1.807) is 36.4 Å². The van der Waals surface area contributed by atoms with Crippen LogP contribution in [0.4, 0.5) is 22.8 Å². The van der Waals surface area contributed by atoms with Crippen molar-refractivity contribution in [2.45, 2.75) is 28.0 Å². The van der Waals surface area contributed by atoms with E-state index in [1.165, 1.54) is 6.26 Å². The quantitative estimate of drug-likeness (QED) is 0.167. The molecular formula is C27H22F3N8NaO7S3. The minimum Gasteiger partial charge on any atom is -0.543 e. The van der Waals surface area contributed by atoms with Gasteiger partial charge >= 0.3 is 47.8 Å². The van der Waals surface area contributed by atoms with Gasteiger partial charge in [0.1, 0.15) is 29.8 Å². The van der Waals surface area contributed by atoms with Crippen LogP contribution in [0.15, 0.2) is 63.4 Å². The Kier molecular flexibility index (Phi) is 11.3. The zero-order chi connectivity index (χ0) is 34.2. The fourth-order valence-electron chi connectivity index (χ4n) is 5.03. The smallest absolute Gasteiger partial charge is 0.543 e. The molecule has 2 fully saturated rings. The van der Waals surface area contributed by atoms with Crippen LogP contribution in [-0.2, 0) is 25.3 Å². The number of hydrazone groups is 1. The van der Waals surface area contributed by atoms with E-state index in [1.807, 2.05) is 0 Å². The van der Waals surface area contributed by atoms with Gasteiger partial charge in [0.05, 0.1) is 31.0 Å². The number of nitrogens with zero attached hydrogens (tertiary/aromatic N) is 6. The zero-order valence-electron chi connectivity index (χ0n) is 25.2. The molecule has 4 aliphatic rings. The Morgan fingerprint density at radius 2 is 1.92 bits per heavy atom. The molecule has 4 aliphatic heterocycles. The molecule has 252 valence electrons. The Labute approximate surface area is 309 Å². The second-order valence-corrected chi connectivity index (χ2v) is 13.7. The number of carboxylic acids is 1. The van der Waals surface area contributed by atoms with Gasteiger partial charge in [0, 0.05) is 11.5 Å². The first-order valence-corrected chi connectivity index (χ1v) is 16.8. The van der Waals surface area contributed by atoms with Gasteiger partial charge in [-0.2, -0.15) is 18.3 Å². The molecule has 5 heterocycles. The van der Waals surface area contributed by atoms with Crippen molar-refractivity contribution in [3.05, 3.63) is 64.5 Å². The number of rotatable bonds is 9. The number of halogens is 3. The van der Waals surface area contributed by atoms with Gasteiger partial charge in [0.25, 0.3) is 5.91 Å². The normalized spacial score (nSPS) is 21.6. The van der Waals surface area contributed by atoms with E-state index in [4.69, 9.17) is 4.74 Å². The van der Waals surface area contributed by atoms with Crippen LogP contribution in [0.5, 0.6) is 0 Å². The molecule has 6 rings (SSSR count). The molecule has 3 atom stereocenters. The van der Waals surface area contributed by atoms with E-state index < -0.39 is 64.2 Å². The molecular weight excluding hydrogens is 725 g/mol. The number of alkyl halides is 3. The molecule has 2 N–H and O–H groups in total. The standard InChI is InChI=1S/C27H23F3N8O7S3.Na/c28-27(29,30)23-33-34-25(48-23)47-12-14-11-46-21-17(20(40)38(21)18(14)22(41)42)31-19(39)16(13-4-2-1-3-5-13)32-24(43)36-7-8-37(26(36)44)35-15-6-9-45-10-15;/h1-6,9,16-17,21H,7-8,10-12H2,(H,31,39)(H,32,43)(H,41,42);/q;+1/p-1/t16?,17?,21-;/m0./s1. The summed E-state index contributed by atoms with van der Waals surface area (Å²) in [6.07, 6.45) is -1.66. The van der Waals surface area contributed by atoms with Gasteiger partial charge in [-0.3, -0.25) is 14.5 Å². The van der Waals surface area contributed by atoms with E-state index in [-0.39, 0.29) is 70.7 Å². The third kappa shape index (κ3) is 7.75. The fourth-order valence-corrected chi connectivity index (χ4v) is 8.23. The van der Waals surface area contributed by atoms with Crippen LogP contribution in [0.2, 0.25) is 0 Å². The third-order valence-corrected chi connectivity index (χ3v) is 10.8. The fraction of sp³-hybridized carbons (Fsp3) is 0.333. The summed E-state index contributed by atoms with van der Waals surface area (Å²) < 4.78 is 43.7. The number of ether oxygens (including phenoxy) is 1. The minimum atomic E-state index is -4.67. The van der Waals surface area contributed by atoms with Crippen LogP contribution >= 0.6 is 34.9 Å². The summed E-state index contributed by atoms with van der Waals surface area (Å²) >= 11 is 2.29. The third-order valence-electron chi connectivity index (χ3n) is 7.29. The minimum absolute atomic E-state index is 0. The van der Waals surface area contributed by atoms with E-state index in [0.717, 1.165) is 38.3 Å². The molecule has 15 nitrogen and oxygen atoms in total. The average molecular weight is 747 g/mol. The van der Waals surface area contributed by atoms with Crippen molar-refractivity contribution in [2.24, 2.45) is 5.10 Å². The second-order valence-electron chi connectivity index (χ2n) is 10.4. The number of carbonyl (C=O) groups is 5. The number of carbonyl (C=O) groups excluding carboxylic acids is 5. The van der Waals surface area contributed by atoms with Crippen molar-refractivity contribution >= 4 is 70.4 Å². The first kappa shape index (κ1) is 36.6. The maximum atomic E-state index is 13.6. The summed E-state index contributed by atoms with van der Waals surface area (Å²) in [6, 6.07) is 4.00. The number of fused-ring (bicyclic) bond motifs is 1. The number of β-lactam (4-membered cyclic amide) rings is 1. The Hall–Kier alpha value is -3.63. The van der Waals surface area contributed by atoms with Crippen LogP contribution < -0.4 is 45.3 Å². The Bertz CT molecular complexity index is 1760. The van der Waals surface area contributed by atoms with Crippen molar-refractivity contribution < 1.29 is 76.5 Å². The first-order chi connectivity index (χ1) is 22.9. The largest absolute Gasteiger partial charge is 1.00 e.